The first kappa shape index (κ1) is 15.0. The molecule has 0 unspecified atom stereocenters. The van der Waals surface area contributed by atoms with Crippen LogP contribution in [-0.4, -0.2) is 28.0 Å². The van der Waals surface area contributed by atoms with Crippen LogP contribution in [0.25, 0.3) is 16.6 Å². The van der Waals surface area contributed by atoms with Crippen molar-refractivity contribution in [3.63, 3.8) is 0 Å². The summed E-state index contributed by atoms with van der Waals surface area (Å²) in [5.74, 6) is 0. The molecular formula is C12H16Cl2N4. The zero-order chi connectivity index (χ0) is 11.0. The summed E-state index contributed by atoms with van der Waals surface area (Å²) in [5.41, 5.74) is 4.56. The fourth-order valence-corrected chi connectivity index (χ4v) is 2.20. The van der Waals surface area contributed by atoms with Crippen molar-refractivity contribution >= 4 is 41.4 Å². The summed E-state index contributed by atoms with van der Waals surface area (Å²) in [6.07, 6.45) is 6.88. The molecule has 0 saturated heterocycles. The van der Waals surface area contributed by atoms with Gasteiger partial charge in [-0.25, -0.2) is 9.97 Å². The zero-order valence-corrected chi connectivity index (χ0v) is 11.7. The van der Waals surface area contributed by atoms with Crippen molar-refractivity contribution in [2.75, 3.05) is 13.1 Å². The number of rotatable bonds is 1. The average Bonchev–Trinajstić information content (AvgIpc) is 2.73. The van der Waals surface area contributed by atoms with Crippen molar-refractivity contribution in [1.29, 1.82) is 0 Å². The average molecular weight is 287 g/mol. The first-order chi connectivity index (χ1) is 7.86. The molecule has 4 nitrogen and oxygen atoms in total. The molecule has 2 N–H and O–H groups in total. The molecule has 98 valence electrons. The van der Waals surface area contributed by atoms with Crippen LogP contribution in [0.2, 0.25) is 0 Å². The van der Waals surface area contributed by atoms with Crippen LogP contribution in [0.5, 0.6) is 0 Å². The maximum absolute atomic E-state index is 4.44. The lowest BCUT2D eigenvalue weighted by Gasteiger charge is -2.14. The minimum absolute atomic E-state index is 0. The van der Waals surface area contributed by atoms with E-state index in [1.807, 2.05) is 6.20 Å². The topological polar surface area (TPSA) is 53.6 Å². The second kappa shape index (κ2) is 6.18. The Morgan fingerprint density at radius 1 is 1.22 bits per heavy atom. The van der Waals surface area contributed by atoms with Gasteiger partial charge in [0, 0.05) is 18.1 Å². The highest BCUT2D eigenvalue weighted by molar-refractivity contribution is 5.90. The van der Waals surface area contributed by atoms with Gasteiger partial charge in [0.2, 0.25) is 0 Å². The van der Waals surface area contributed by atoms with E-state index in [9.17, 15) is 0 Å². The Hall–Kier alpha value is -1.10. The Bertz CT molecular complexity index is 562. The Balaban J connectivity index is 0.000000810. The SMILES string of the molecule is Cc1c[nH]c2ncnc(C3=CCNCC3)c12.Cl.Cl. The van der Waals surface area contributed by atoms with E-state index < -0.39 is 0 Å². The normalized spacial score (nSPS) is 14.6. The maximum atomic E-state index is 4.44. The predicted octanol–water partition coefficient (Wildman–Crippen LogP) is 2.49. The molecule has 18 heavy (non-hydrogen) atoms. The lowest BCUT2D eigenvalue weighted by atomic mass is 10.0. The van der Waals surface area contributed by atoms with Gasteiger partial charge in [0.05, 0.1) is 5.69 Å². The van der Waals surface area contributed by atoms with Gasteiger partial charge in [-0.2, -0.15) is 0 Å². The third-order valence-corrected chi connectivity index (χ3v) is 3.04. The zero-order valence-electron chi connectivity index (χ0n) is 10.1. The van der Waals surface area contributed by atoms with Crippen LogP contribution < -0.4 is 5.32 Å². The first-order valence-electron chi connectivity index (χ1n) is 5.55. The number of aromatic nitrogens is 3. The van der Waals surface area contributed by atoms with E-state index in [1.165, 1.54) is 11.1 Å². The largest absolute Gasteiger partial charge is 0.346 e. The minimum Gasteiger partial charge on any atom is -0.346 e. The molecule has 0 saturated carbocycles. The van der Waals surface area contributed by atoms with Gasteiger partial charge in [0.1, 0.15) is 12.0 Å². The monoisotopic (exact) mass is 286 g/mol. The number of H-pyrrole nitrogens is 1. The van der Waals surface area contributed by atoms with Crippen LogP contribution in [0.4, 0.5) is 0 Å². The van der Waals surface area contributed by atoms with Gasteiger partial charge in [-0.3, -0.25) is 0 Å². The number of nitrogens with zero attached hydrogens (tertiary/aromatic N) is 2. The standard InChI is InChI=1S/C12H14N4.2ClH/c1-8-6-14-12-10(8)11(15-7-16-12)9-2-4-13-5-3-9;;/h2,6-7,13H,3-5H2,1H3,(H,14,15,16);2*1H. The molecule has 0 spiro atoms. The number of fused-ring (bicyclic) bond motifs is 1. The summed E-state index contributed by atoms with van der Waals surface area (Å²) < 4.78 is 0. The quantitative estimate of drug-likeness (QED) is 0.847. The van der Waals surface area contributed by atoms with Crippen molar-refractivity contribution in [2.45, 2.75) is 13.3 Å². The molecule has 0 bridgehead atoms. The molecule has 0 atom stereocenters. The van der Waals surface area contributed by atoms with Gasteiger partial charge in [-0.05, 0) is 31.0 Å². The van der Waals surface area contributed by atoms with Crippen LogP contribution >= 0.6 is 24.8 Å². The maximum Gasteiger partial charge on any atom is 0.141 e. The summed E-state index contributed by atoms with van der Waals surface area (Å²) in [5, 5.41) is 4.48. The third kappa shape index (κ3) is 2.51. The predicted molar refractivity (Wildman–Crippen MR) is 78.6 cm³/mol. The Kier molecular flexibility index (Phi) is 5.14. The van der Waals surface area contributed by atoms with E-state index in [4.69, 9.17) is 0 Å². The molecule has 1 aliphatic rings. The highest BCUT2D eigenvalue weighted by atomic mass is 35.5. The number of hydrogen-bond donors (Lipinski definition) is 2. The Morgan fingerprint density at radius 2 is 2.06 bits per heavy atom. The highest BCUT2D eigenvalue weighted by Gasteiger charge is 2.13. The van der Waals surface area contributed by atoms with E-state index >= 15 is 0 Å². The molecule has 6 heteroatoms. The molecule has 0 aliphatic carbocycles. The lowest BCUT2D eigenvalue weighted by molar-refractivity contribution is 0.737. The molecule has 2 aromatic rings. The molecule has 0 aromatic carbocycles. The minimum atomic E-state index is 0. The van der Waals surface area contributed by atoms with Crippen molar-refractivity contribution in [2.24, 2.45) is 0 Å². The molecule has 0 amide bonds. The van der Waals surface area contributed by atoms with Crippen LogP contribution in [0.3, 0.4) is 0 Å². The lowest BCUT2D eigenvalue weighted by Crippen LogP contribution is -2.20. The third-order valence-electron chi connectivity index (χ3n) is 3.04. The summed E-state index contributed by atoms with van der Waals surface area (Å²) in [4.78, 5) is 11.9. The molecule has 0 fully saturated rings. The number of nitrogens with one attached hydrogen (secondary N) is 2. The first-order valence-corrected chi connectivity index (χ1v) is 5.55. The second-order valence-corrected chi connectivity index (χ2v) is 4.10. The summed E-state index contributed by atoms with van der Waals surface area (Å²) >= 11 is 0. The summed E-state index contributed by atoms with van der Waals surface area (Å²) in [6, 6.07) is 0. The number of halogens is 2. The van der Waals surface area contributed by atoms with Gasteiger partial charge >= 0.3 is 0 Å². The fraction of sp³-hybridized carbons (Fsp3) is 0.333. The van der Waals surface area contributed by atoms with E-state index in [0.717, 1.165) is 36.2 Å². The molecule has 2 aromatic heterocycles. The Morgan fingerprint density at radius 3 is 2.78 bits per heavy atom. The van der Waals surface area contributed by atoms with Crippen LogP contribution in [0, 0.1) is 6.92 Å². The van der Waals surface area contributed by atoms with E-state index in [1.54, 1.807) is 6.33 Å². The van der Waals surface area contributed by atoms with Gasteiger partial charge in [-0.1, -0.05) is 6.08 Å². The van der Waals surface area contributed by atoms with Crippen LogP contribution in [0.1, 0.15) is 17.7 Å². The Labute approximate surface area is 118 Å². The fourth-order valence-electron chi connectivity index (χ4n) is 2.20. The van der Waals surface area contributed by atoms with Crippen molar-refractivity contribution in [3.8, 4) is 0 Å². The number of aromatic amines is 1. The number of hydrogen-bond acceptors (Lipinski definition) is 3. The van der Waals surface area contributed by atoms with E-state index in [2.05, 4.69) is 33.3 Å². The smallest absolute Gasteiger partial charge is 0.141 e. The molecule has 3 rings (SSSR count). The number of aryl methyl sites for hydroxylation is 1. The van der Waals surface area contributed by atoms with E-state index in [0.29, 0.717) is 0 Å². The van der Waals surface area contributed by atoms with E-state index in [-0.39, 0.29) is 24.8 Å². The molecular weight excluding hydrogens is 271 g/mol. The van der Waals surface area contributed by atoms with Gasteiger partial charge in [-0.15, -0.1) is 24.8 Å². The van der Waals surface area contributed by atoms with Crippen molar-refractivity contribution < 1.29 is 0 Å². The molecule has 1 aliphatic heterocycles. The van der Waals surface area contributed by atoms with Gasteiger partial charge < -0.3 is 10.3 Å². The molecule has 3 heterocycles. The van der Waals surface area contributed by atoms with Crippen molar-refractivity contribution in [1.82, 2.24) is 20.3 Å². The summed E-state index contributed by atoms with van der Waals surface area (Å²) in [6.45, 7) is 4.05. The summed E-state index contributed by atoms with van der Waals surface area (Å²) in [7, 11) is 0. The van der Waals surface area contributed by atoms with Gasteiger partial charge in [0.15, 0.2) is 0 Å². The van der Waals surface area contributed by atoms with Crippen LogP contribution in [-0.2, 0) is 0 Å². The second-order valence-electron chi connectivity index (χ2n) is 4.10. The highest BCUT2D eigenvalue weighted by Crippen LogP contribution is 2.26. The van der Waals surface area contributed by atoms with Crippen molar-refractivity contribution in [3.05, 3.63) is 29.9 Å². The van der Waals surface area contributed by atoms with Crippen LogP contribution in [0.15, 0.2) is 18.6 Å². The molecule has 0 radical (unpaired) electrons. The van der Waals surface area contributed by atoms with Gasteiger partial charge in [0.25, 0.3) is 0 Å².